The minimum absolute atomic E-state index is 0.0546. The number of primary amides is 1. The van der Waals surface area contributed by atoms with Gasteiger partial charge in [0.15, 0.2) is 0 Å². The van der Waals surface area contributed by atoms with Crippen molar-refractivity contribution in [3.63, 3.8) is 0 Å². The predicted octanol–water partition coefficient (Wildman–Crippen LogP) is 2.44. The van der Waals surface area contributed by atoms with Crippen LogP contribution in [0.4, 0.5) is 4.79 Å². The number of amides is 5. The minimum atomic E-state index is -0.816. The van der Waals surface area contributed by atoms with Crippen molar-refractivity contribution in [3.05, 3.63) is 76.5 Å². The Morgan fingerprint density at radius 3 is 2.52 bits per heavy atom. The average molecular weight is 437 g/mol. The SMILES string of the molecule is NC(=O)Cn1cc(C=C2C(=O)NC(=O)N(Cc3ccccc3Cl)C2=O)c2ccccc21. The summed E-state index contributed by atoms with van der Waals surface area (Å²) in [6.45, 7) is -0.140. The summed E-state index contributed by atoms with van der Waals surface area (Å²) in [7, 11) is 0. The Kier molecular flexibility index (Phi) is 5.31. The number of hydrogen-bond acceptors (Lipinski definition) is 4. The molecular weight excluding hydrogens is 420 g/mol. The Balaban J connectivity index is 1.74. The van der Waals surface area contributed by atoms with Crippen LogP contribution in [0.15, 0.2) is 60.3 Å². The summed E-state index contributed by atoms with van der Waals surface area (Å²) in [4.78, 5) is 50.1. The first-order valence-electron chi connectivity index (χ1n) is 9.33. The van der Waals surface area contributed by atoms with Crippen molar-refractivity contribution in [2.45, 2.75) is 13.1 Å². The van der Waals surface area contributed by atoms with Crippen LogP contribution in [0.5, 0.6) is 0 Å². The molecule has 0 bridgehead atoms. The second-order valence-electron chi connectivity index (χ2n) is 7.00. The van der Waals surface area contributed by atoms with Crippen LogP contribution in [0.2, 0.25) is 5.02 Å². The third-order valence-corrected chi connectivity index (χ3v) is 5.29. The number of nitrogens with two attached hydrogens (primary N) is 1. The lowest BCUT2D eigenvalue weighted by Crippen LogP contribution is -2.53. The van der Waals surface area contributed by atoms with Crippen molar-refractivity contribution < 1.29 is 19.2 Å². The number of benzene rings is 2. The first-order chi connectivity index (χ1) is 14.8. The lowest BCUT2D eigenvalue weighted by molar-refractivity contribution is -0.130. The Bertz CT molecular complexity index is 1280. The fourth-order valence-corrected chi connectivity index (χ4v) is 3.67. The maximum atomic E-state index is 13.0. The molecule has 3 N–H and O–H groups in total. The average Bonchev–Trinajstić information content (AvgIpc) is 3.06. The Morgan fingerprint density at radius 1 is 1.06 bits per heavy atom. The zero-order chi connectivity index (χ0) is 22.1. The monoisotopic (exact) mass is 436 g/mol. The van der Waals surface area contributed by atoms with Gasteiger partial charge < -0.3 is 10.3 Å². The standard InChI is InChI=1S/C22H17ClN4O4/c23-17-7-3-1-5-13(17)11-27-21(30)16(20(29)25-22(27)31)9-14-10-26(12-19(24)28)18-8-4-2-6-15(14)18/h1-10H,11-12H2,(H2,24,28)(H,25,29,31). The third-order valence-electron chi connectivity index (χ3n) is 4.92. The molecule has 2 aromatic carbocycles. The maximum Gasteiger partial charge on any atom is 0.331 e. The molecule has 4 rings (SSSR count). The number of carbonyl (C=O) groups is 4. The summed E-state index contributed by atoms with van der Waals surface area (Å²) in [6.07, 6.45) is 3.04. The number of rotatable bonds is 5. The maximum absolute atomic E-state index is 13.0. The van der Waals surface area contributed by atoms with Crippen molar-refractivity contribution >= 4 is 52.3 Å². The molecule has 31 heavy (non-hydrogen) atoms. The topological polar surface area (TPSA) is 114 Å². The van der Waals surface area contributed by atoms with Crippen LogP contribution in [0.25, 0.3) is 17.0 Å². The lowest BCUT2D eigenvalue weighted by atomic mass is 10.1. The molecular formula is C22H17ClN4O4. The van der Waals surface area contributed by atoms with E-state index in [1.165, 1.54) is 6.08 Å². The highest BCUT2D eigenvalue weighted by atomic mass is 35.5. The number of aromatic nitrogens is 1. The van der Waals surface area contributed by atoms with Crippen LogP contribution in [-0.4, -0.2) is 33.2 Å². The van der Waals surface area contributed by atoms with Gasteiger partial charge in [-0.3, -0.25) is 24.6 Å². The van der Waals surface area contributed by atoms with Crippen LogP contribution in [0.3, 0.4) is 0 Å². The smallest absolute Gasteiger partial charge is 0.331 e. The summed E-state index contributed by atoms with van der Waals surface area (Å²) < 4.78 is 1.64. The molecule has 0 atom stereocenters. The molecule has 156 valence electrons. The van der Waals surface area contributed by atoms with Crippen LogP contribution in [-0.2, 0) is 27.5 Å². The molecule has 2 heterocycles. The van der Waals surface area contributed by atoms with E-state index in [0.717, 1.165) is 15.8 Å². The molecule has 8 nitrogen and oxygen atoms in total. The molecule has 0 aliphatic carbocycles. The summed E-state index contributed by atoms with van der Waals surface area (Å²) in [6, 6.07) is 13.2. The molecule has 1 aliphatic heterocycles. The zero-order valence-electron chi connectivity index (χ0n) is 16.2. The van der Waals surface area contributed by atoms with E-state index in [-0.39, 0.29) is 18.7 Å². The molecule has 5 amide bonds. The van der Waals surface area contributed by atoms with Gasteiger partial charge in [-0.2, -0.15) is 0 Å². The number of fused-ring (bicyclic) bond motifs is 1. The highest BCUT2D eigenvalue weighted by Crippen LogP contribution is 2.26. The highest BCUT2D eigenvalue weighted by Gasteiger charge is 2.36. The largest absolute Gasteiger partial charge is 0.368 e. The number of para-hydroxylation sites is 1. The first kappa shape index (κ1) is 20.4. The van der Waals surface area contributed by atoms with Crippen LogP contribution in [0, 0.1) is 0 Å². The number of imide groups is 2. The first-order valence-corrected chi connectivity index (χ1v) is 9.71. The zero-order valence-corrected chi connectivity index (χ0v) is 16.9. The molecule has 9 heteroatoms. The van der Waals surface area contributed by atoms with Gasteiger partial charge >= 0.3 is 6.03 Å². The second kappa shape index (κ2) is 8.08. The van der Waals surface area contributed by atoms with E-state index in [1.807, 2.05) is 0 Å². The summed E-state index contributed by atoms with van der Waals surface area (Å²) in [5.74, 6) is -2.06. The molecule has 0 spiro atoms. The van der Waals surface area contributed by atoms with Gasteiger partial charge in [-0.05, 0) is 23.8 Å². The fraction of sp³-hybridized carbons (Fsp3) is 0.0909. The van der Waals surface area contributed by atoms with Gasteiger partial charge in [-0.25, -0.2) is 4.79 Å². The molecule has 1 saturated heterocycles. The van der Waals surface area contributed by atoms with E-state index in [4.69, 9.17) is 17.3 Å². The van der Waals surface area contributed by atoms with Gasteiger partial charge in [0.1, 0.15) is 12.1 Å². The van der Waals surface area contributed by atoms with Crippen molar-refractivity contribution in [2.75, 3.05) is 0 Å². The van der Waals surface area contributed by atoms with E-state index in [2.05, 4.69) is 5.32 Å². The van der Waals surface area contributed by atoms with E-state index in [9.17, 15) is 19.2 Å². The highest BCUT2D eigenvalue weighted by molar-refractivity contribution is 6.32. The van der Waals surface area contributed by atoms with Gasteiger partial charge in [0, 0.05) is 27.7 Å². The van der Waals surface area contributed by atoms with E-state index in [0.29, 0.717) is 16.1 Å². The molecule has 0 radical (unpaired) electrons. The predicted molar refractivity (Wildman–Crippen MR) is 115 cm³/mol. The number of nitrogens with zero attached hydrogens (tertiary/aromatic N) is 2. The number of barbiturate groups is 1. The van der Waals surface area contributed by atoms with Gasteiger partial charge in [0.2, 0.25) is 5.91 Å². The second-order valence-corrected chi connectivity index (χ2v) is 7.40. The van der Waals surface area contributed by atoms with Crippen molar-refractivity contribution in [2.24, 2.45) is 5.73 Å². The van der Waals surface area contributed by atoms with Crippen LogP contribution < -0.4 is 11.1 Å². The number of nitrogens with one attached hydrogen (secondary N) is 1. The van der Waals surface area contributed by atoms with E-state index in [1.54, 1.807) is 59.3 Å². The van der Waals surface area contributed by atoms with Crippen molar-refractivity contribution in [1.29, 1.82) is 0 Å². The fourth-order valence-electron chi connectivity index (χ4n) is 3.48. The summed E-state index contributed by atoms with van der Waals surface area (Å²) in [5.41, 5.74) is 6.96. The summed E-state index contributed by atoms with van der Waals surface area (Å²) >= 11 is 6.15. The van der Waals surface area contributed by atoms with Gasteiger partial charge in [-0.1, -0.05) is 48.0 Å². The van der Waals surface area contributed by atoms with E-state index < -0.39 is 23.8 Å². The van der Waals surface area contributed by atoms with Gasteiger partial charge in [0.05, 0.1) is 6.54 Å². The normalized spacial score (nSPS) is 15.6. The van der Waals surface area contributed by atoms with Crippen molar-refractivity contribution in [1.82, 2.24) is 14.8 Å². The van der Waals surface area contributed by atoms with E-state index >= 15 is 0 Å². The van der Waals surface area contributed by atoms with Crippen molar-refractivity contribution in [3.8, 4) is 0 Å². The molecule has 3 aromatic rings. The molecule has 0 unspecified atom stereocenters. The molecule has 1 aliphatic rings. The minimum Gasteiger partial charge on any atom is -0.368 e. The van der Waals surface area contributed by atoms with Crippen LogP contribution in [0.1, 0.15) is 11.1 Å². The molecule has 1 aromatic heterocycles. The number of hydrogen-bond donors (Lipinski definition) is 2. The van der Waals surface area contributed by atoms with Crippen LogP contribution >= 0.6 is 11.6 Å². The molecule has 0 saturated carbocycles. The molecule has 1 fully saturated rings. The van der Waals surface area contributed by atoms with Gasteiger partial charge in [-0.15, -0.1) is 0 Å². The lowest BCUT2D eigenvalue weighted by Gasteiger charge is -2.26. The number of halogens is 1. The summed E-state index contributed by atoms with van der Waals surface area (Å²) in [5, 5.41) is 3.32. The number of carbonyl (C=O) groups excluding carboxylic acids is 4. The van der Waals surface area contributed by atoms with Gasteiger partial charge in [0.25, 0.3) is 11.8 Å². The number of urea groups is 1. The Morgan fingerprint density at radius 2 is 1.77 bits per heavy atom. The third kappa shape index (κ3) is 3.93. The quantitative estimate of drug-likeness (QED) is 0.472. The Labute approximate surface area is 181 Å². The Hall–Kier alpha value is -3.91.